The molecular weight excluding hydrogens is 542 g/mol. The predicted molar refractivity (Wildman–Crippen MR) is 152 cm³/mol. The molecule has 7 nitrogen and oxygen atoms in total. The number of hydrogen-bond donors (Lipinski definition) is 0. The van der Waals surface area contributed by atoms with E-state index in [2.05, 4.69) is 20.8 Å². The summed E-state index contributed by atoms with van der Waals surface area (Å²) in [7, 11) is 1.49. The van der Waals surface area contributed by atoms with E-state index >= 15 is 8.78 Å². The van der Waals surface area contributed by atoms with Crippen molar-refractivity contribution in [1.29, 1.82) is 0 Å². The van der Waals surface area contributed by atoms with Gasteiger partial charge in [-0.2, -0.15) is 0 Å². The minimum absolute atomic E-state index is 0.0276. The Hall–Kier alpha value is -3.17. The molecule has 0 unspecified atom stereocenters. The van der Waals surface area contributed by atoms with Gasteiger partial charge in [-0.3, -0.25) is 4.79 Å². The fourth-order valence-electron chi connectivity index (χ4n) is 4.85. The minimum Gasteiger partial charge on any atom is -0.496 e. The van der Waals surface area contributed by atoms with Crippen LogP contribution in [-0.2, 0) is 15.9 Å². The molecule has 1 saturated heterocycles. The Bertz CT molecular complexity index is 1490. The lowest BCUT2D eigenvalue weighted by atomic mass is 9.87. The summed E-state index contributed by atoms with van der Waals surface area (Å²) in [6.45, 7) is 11.7. The molecule has 0 bridgehead atoms. The van der Waals surface area contributed by atoms with Gasteiger partial charge in [0.25, 0.3) is 0 Å². The van der Waals surface area contributed by atoms with E-state index in [-0.39, 0.29) is 46.7 Å². The third-order valence-corrected chi connectivity index (χ3v) is 7.87. The van der Waals surface area contributed by atoms with Crippen LogP contribution in [0.25, 0.3) is 10.9 Å². The Morgan fingerprint density at radius 3 is 2.40 bits per heavy atom. The molecule has 1 atom stereocenters. The van der Waals surface area contributed by atoms with Gasteiger partial charge in [-0.1, -0.05) is 32.4 Å². The monoisotopic (exact) mass is 576 g/mol. The molecule has 0 N–H and O–H groups in total. The van der Waals surface area contributed by atoms with E-state index in [9.17, 15) is 9.59 Å². The zero-order chi connectivity index (χ0) is 29.4. The SMILES string of the molecule is CCOC(=O)c1cn([C@H](C)C(C)(C)C)c2cc(OC)c(Cc3cc(N4CCOCC4)c(F)c(Cl)c3F)cc2c1=O. The summed E-state index contributed by atoms with van der Waals surface area (Å²) < 4.78 is 48.4. The fourth-order valence-corrected chi connectivity index (χ4v) is 5.07. The van der Waals surface area contributed by atoms with E-state index in [1.807, 2.05) is 11.5 Å². The number of aromatic nitrogens is 1. The number of methoxy groups -OCH3 is 1. The Morgan fingerprint density at radius 2 is 1.80 bits per heavy atom. The van der Waals surface area contributed by atoms with Gasteiger partial charge >= 0.3 is 5.97 Å². The van der Waals surface area contributed by atoms with Gasteiger partial charge in [0.05, 0.1) is 38.1 Å². The second kappa shape index (κ2) is 11.7. The summed E-state index contributed by atoms with van der Waals surface area (Å²) in [5.74, 6) is -2.00. The smallest absolute Gasteiger partial charge is 0.343 e. The van der Waals surface area contributed by atoms with Gasteiger partial charge in [-0.25, -0.2) is 13.6 Å². The molecule has 40 heavy (non-hydrogen) atoms. The summed E-state index contributed by atoms with van der Waals surface area (Å²) >= 11 is 6.11. The number of nitrogens with zero attached hydrogens (tertiary/aromatic N) is 2. The Labute approximate surface area is 237 Å². The third kappa shape index (κ3) is 5.67. The lowest BCUT2D eigenvalue weighted by Gasteiger charge is -2.31. The molecule has 3 aromatic rings. The number of esters is 1. The fraction of sp³-hybridized carbons (Fsp3) is 0.467. The third-order valence-electron chi connectivity index (χ3n) is 7.54. The highest BCUT2D eigenvalue weighted by molar-refractivity contribution is 6.31. The Morgan fingerprint density at radius 1 is 1.12 bits per heavy atom. The number of benzene rings is 2. The minimum atomic E-state index is -0.877. The maximum Gasteiger partial charge on any atom is 0.343 e. The maximum atomic E-state index is 15.3. The van der Waals surface area contributed by atoms with E-state index in [0.29, 0.717) is 43.1 Å². The molecule has 1 aliphatic heterocycles. The van der Waals surface area contributed by atoms with Crippen LogP contribution in [0.5, 0.6) is 5.75 Å². The zero-order valence-corrected chi connectivity index (χ0v) is 24.5. The average molecular weight is 577 g/mol. The summed E-state index contributed by atoms with van der Waals surface area (Å²) in [5.41, 5.74) is 0.577. The lowest BCUT2D eigenvalue weighted by molar-refractivity contribution is 0.0523. The maximum absolute atomic E-state index is 15.3. The topological polar surface area (TPSA) is 70.0 Å². The van der Waals surface area contributed by atoms with Gasteiger partial charge in [0.15, 0.2) is 5.82 Å². The lowest BCUT2D eigenvalue weighted by Crippen LogP contribution is -2.37. The molecule has 1 fully saturated rings. The van der Waals surface area contributed by atoms with Crippen molar-refractivity contribution in [3.63, 3.8) is 0 Å². The molecule has 10 heteroatoms. The highest BCUT2D eigenvalue weighted by Gasteiger charge is 2.27. The van der Waals surface area contributed by atoms with E-state index in [4.69, 9.17) is 25.8 Å². The molecule has 2 aromatic carbocycles. The van der Waals surface area contributed by atoms with Crippen LogP contribution >= 0.6 is 11.6 Å². The van der Waals surface area contributed by atoms with Crippen LogP contribution < -0.4 is 15.1 Å². The zero-order valence-electron chi connectivity index (χ0n) is 23.7. The molecule has 4 rings (SSSR count). The van der Waals surface area contributed by atoms with Crippen molar-refractivity contribution in [2.45, 2.75) is 47.1 Å². The summed E-state index contributed by atoms with van der Waals surface area (Å²) in [4.78, 5) is 28.1. The van der Waals surface area contributed by atoms with Crippen molar-refractivity contribution >= 4 is 34.2 Å². The van der Waals surface area contributed by atoms with E-state index in [0.717, 1.165) is 0 Å². The van der Waals surface area contributed by atoms with Crippen molar-refractivity contribution in [1.82, 2.24) is 4.57 Å². The molecule has 0 spiro atoms. The second-order valence-electron chi connectivity index (χ2n) is 11.0. The molecule has 1 aromatic heterocycles. The average Bonchev–Trinajstić information content (AvgIpc) is 2.93. The summed E-state index contributed by atoms with van der Waals surface area (Å²) in [6.07, 6.45) is 1.51. The van der Waals surface area contributed by atoms with Crippen LogP contribution in [0.2, 0.25) is 5.02 Å². The van der Waals surface area contributed by atoms with Crippen LogP contribution in [0.15, 0.2) is 29.2 Å². The van der Waals surface area contributed by atoms with Gasteiger partial charge in [0.1, 0.15) is 22.2 Å². The first-order valence-corrected chi connectivity index (χ1v) is 13.7. The predicted octanol–water partition coefficient (Wildman–Crippen LogP) is 6.15. The molecule has 2 heterocycles. The molecular formula is C30H35ClF2N2O5. The largest absolute Gasteiger partial charge is 0.496 e. The quantitative estimate of drug-likeness (QED) is 0.248. The normalized spacial score (nSPS) is 14.9. The number of anilines is 1. The highest BCUT2D eigenvalue weighted by Crippen LogP contribution is 2.37. The van der Waals surface area contributed by atoms with E-state index in [1.165, 1.54) is 19.4 Å². The number of fused-ring (bicyclic) bond motifs is 1. The second-order valence-corrected chi connectivity index (χ2v) is 11.4. The number of hydrogen-bond acceptors (Lipinski definition) is 6. The molecule has 0 saturated carbocycles. The molecule has 0 aliphatic carbocycles. The Balaban J connectivity index is 1.92. The van der Waals surface area contributed by atoms with Crippen LogP contribution in [-0.4, -0.2) is 50.6 Å². The summed E-state index contributed by atoms with van der Waals surface area (Å²) in [5, 5.41) is -0.329. The number of morpholine rings is 1. The van der Waals surface area contributed by atoms with Crippen LogP contribution in [0.3, 0.4) is 0 Å². The first-order chi connectivity index (χ1) is 18.9. The first kappa shape index (κ1) is 29.8. The van der Waals surface area contributed by atoms with Crippen molar-refractivity contribution in [3.05, 3.63) is 68.0 Å². The number of ether oxygens (including phenoxy) is 3. The van der Waals surface area contributed by atoms with Gasteiger partial charge in [-0.05, 0) is 42.5 Å². The van der Waals surface area contributed by atoms with Crippen LogP contribution in [0.1, 0.15) is 62.1 Å². The molecule has 0 amide bonds. The van der Waals surface area contributed by atoms with E-state index in [1.54, 1.807) is 24.0 Å². The summed E-state index contributed by atoms with van der Waals surface area (Å²) in [6, 6.07) is 4.65. The number of rotatable bonds is 7. The van der Waals surface area contributed by atoms with Gasteiger partial charge in [0.2, 0.25) is 5.43 Å². The molecule has 216 valence electrons. The Kier molecular flexibility index (Phi) is 8.75. The van der Waals surface area contributed by atoms with Crippen molar-refractivity contribution in [2.75, 3.05) is 44.9 Å². The van der Waals surface area contributed by atoms with Gasteiger partial charge in [0, 0.05) is 43.2 Å². The highest BCUT2D eigenvalue weighted by atomic mass is 35.5. The number of pyridine rings is 1. The van der Waals surface area contributed by atoms with E-state index < -0.39 is 28.1 Å². The number of carbonyl (C=O) groups is 1. The van der Waals surface area contributed by atoms with Crippen molar-refractivity contribution in [2.24, 2.45) is 5.41 Å². The van der Waals surface area contributed by atoms with Crippen LogP contribution in [0, 0.1) is 17.0 Å². The van der Waals surface area contributed by atoms with Gasteiger partial charge < -0.3 is 23.7 Å². The molecule has 0 radical (unpaired) electrons. The van der Waals surface area contributed by atoms with Crippen molar-refractivity contribution < 1.29 is 27.8 Å². The number of carbonyl (C=O) groups excluding carboxylic acids is 1. The van der Waals surface area contributed by atoms with Crippen molar-refractivity contribution in [3.8, 4) is 5.75 Å². The molecule has 1 aliphatic rings. The van der Waals surface area contributed by atoms with Gasteiger partial charge in [-0.15, -0.1) is 0 Å². The standard InChI is InChI=1S/C30H35ClF2N2O5/c1-7-40-29(37)21-16-35(17(2)30(3,4)5)22-15-24(38-6)18(13-20(22)28(21)36)12-19-14-23(27(33)25(31)26(19)32)34-8-10-39-11-9-34/h13-17H,7-12H2,1-6H3/t17-/m1/s1. The number of halogens is 3. The van der Waals surface area contributed by atoms with Crippen LogP contribution in [0.4, 0.5) is 14.5 Å². The first-order valence-electron chi connectivity index (χ1n) is 13.3.